The highest BCUT2D eigenvalue weighted by molar-refractivity contribution is 5.31. The van der Waals surface area contributed by atoms with Crippen LogP contribution < -0.4 is 4.90 Å². The lowest BCUT2D eigenvalue weighted by Gasteiger charge is -2.25. The van der Waals surface area contributed by atoms with Crippen LogP contribution in [0.3, 0.4) is 0 Å². The maximum absolute atomic E-state index is 5.46. The van der Waals surface area contributed by atoms with Crippen molar-refractivity contribution in [3.05, 3.63) is 5.82 Å². The maximum atomic E-state index is 5.46. The Morgan fingerprint density at radius 1 is 1.11 bits per heavy atom. The second-order valence-corrected chi connectivity index (χ2v) is 5.85. The Labute approximate surface area is 112 Å². The molecule has 2 saturated heterocycles. The van der Waals surface area contributed by atoms with E-state index in [1.165, 1.54) is 19.3 Å². The van der Waals surface area contributed by atoms with E-state index in [-0.39, 0.29) is 0 Å². The second kappa shape index (κ2) is 4.45. The van der Waals surface area contributed by atoms with E-state index < -0.39 is 0 Å². The normalized spacial score (nSPS) is 29.7. The Morgan fingerprint density at radius 2 is 1.84 bits per heavy atom. The van der Waals surface area contributed by atoms with Crippen molar-refractivity contribution in [3.8, 4) is 0 Å². The first-order valence-electron chi connectivity index (χ1n) is 7.20. The number of aromatic nitrogens is 3. The van der Waals surface area contributed by atoms with Crippen molar-refractivity contribution >= 4 is 5.95 Å². The largest absolute Gasteiger partial charge is 0.381 e. The maximum Gasteiger partial charge on any atom is 0.244 e. The smallest absolute Gasteiger partial charge is 0.244 e. The zero-order valence-corrected chi connectivity index (χ0v) is 11.1. The van der Waals surface area contributed by atoms with Gasteiger partial charge < -0.3 is 14.4 Å². The highest BCUT2D eigenvalue weighted by Crippen LogP contribution is 2.64. The summed E-state index contributed by atoms with van der Waals surface area (Å²) in [7, 11) is 0. The third-order valence-corrected chi connectivity index (χ3v) is 4.79. The fourth-order valence-corrected chi connectivity index (χ4v) is 3.39. The number of nitrogens with one attached hydrogen (secondary N) is 1. The molecule has 3 fully saturated rings. The summed E-state index contributed by atoms with van der Waals surface area (Å²) >= 11 is 0. The average molecular weight is 264 g/mol. The minimum atomic E-state index is 0.458. The summed E-state index contributed by atoms with van der Waals surface area (Å²) < 4.78 is 10.8. The molecule has 1 atom stereocenters. The molecule has 104 valence electrons. The van der Waals surface area contributed by atoms with Crippen LogP contribution in [0, 0.1) is 5.41 Å². The molecule has 1 saturated carbocycles. The molecular formula is C13H20N4O2. The lowest BCUT2D eigenvalue weighted by atomic mass is 9.94. The highest BCUT2D eigenvalue weighted by Gasteiger charge is 2.56. The van der Waals surface area contributed by atoms with Crippen LogP contribution in [0.25, 0.3) is 0 Å². The first-order valence-corrected chi connectivity index (χ1v) is 7.20. The van der Waals surface area contributed by atoms with Crippen LogP contribution in [0.5, 0.6) is 0 Å². The fraction of sp³-hybridized carbons (Fsp3) is 0.846. The number of hydrogen-bond acceptors (Lipinski definition) is 5. The SMILES string of the molecule is C1CN(c2n[nH]c(C3CC34CCOCC4)n2)CCO1. The Balaban J connectivity index is 1.47. The molecule has 1 N–H and O–H groups in total. The molecule has 2 aliphatic heterocycles. The van der Waals surface area contributed by atoms with Crippen molar-refractivity contribution in [2.75, 3.05) is 44.4 Å². The van der Waals surface area contributed by atoms with E-state index in [4.69, 9.17) is 14.5 Å². The van der Waals surface area contributed by atoms with Gasteiger partial charge in [-0.15, -0.1) is 5.10 Å². The lowest BCUT2D eigenvalue weighted by Crippen LogP contribution is -2.36. The topological polar surface area (TPSA) is 63.3 Å². The molecule has 0 radical (unpaired) electrons. The molecule has 0 bridgehead atoms. The molecule has 0 amide bonds. The van der Waals surface area contributed by atoms with Crippen LogP contribution in [0.15, 0.2) is 0 Å². The Morgan fingerprint density at radius 3 is 2.63 bits per heavy atom. The Bertz CT molecular complexity index is 449. The summed E-state index contributed by atoms with van der Waals surface area (Å²) in [4.78, 5) is 6.91. The van der Waals surface area contributed by atoms with Gasteiger partial charge in [-0.3, -0.25) is 5.10 Å². The van der Waals surface area contributed by atoms with Crippen molar-refractivity contribution < 1.29 is 9.47 Å². The monoisotopic (exact) mass is 264 g/mol. The van der Waals surface area contributed by atoms with Crippen LogP contribution in [0.4, 0.5) is 5.95 Å². The summed E-state index contributed by atoms with van der Waals surface area (Å²) in [5.74, 6) is 2.48. The van der Waals surface area contributed by atoms with Gasteiger partial charge in [0, 0.05) is 32.2 Å². The number of anilines is 1. The highest BCUT2D eigenvalue weighted by atomic mass is 16.5. The minimum Gasteiger partial charge on any atom is -0.381 e. The minimum absolute atomic E-state index is 0.458. The van der Waals surface area contributed by atoms with Gasteiger partial charge in [0.05, 0.1) is 13.2 Å². The Kier molecular flexibility index (Phi) is 2.73. The molecule has 6 heteroatoms. The third kappa shape index (κ3) is 2.03. The first kappa shape index (κ1) is 11.7. The van der Waals surface area contributed by atoms with E-state index in [1.807, 2.05) is 0 Å². The summed E-state index contributed by atoms with van der Waals surface area (Å²) in [6.07, 6.45) is 3.59. The number of morpholine rings is 1. The van der Waals surface area contributed by atoms with E-state index in [1.54, 1.807) is 0 Å². The molecule has 1 aromatic rings. The molecule has 19 heavy (non-hydrogen) atoms. The zero-order valence-electron chi connectivity index (χ0n) is 11.1. The molecule has 6 nitrogen and oxygen atoms in total. The Hall–Kier alpha value is -1.14. The van der Waals surface area contributed by atoms with Gasteiger partial charge in [-0.2, -0.15) is 4.98 Å². The standard InChI is InChI=1S/C13H20N4O2/c1-5-18-6-2-13(1)9-10(13)11-14-12(16-15-11)17-3-7-19-8-4-17/h10H,1-9H2,(H,14,15,16). The van der Waals surface area contributed by atoms with E-state index in [9.17, 15) is 0 Å². The van der Waals surface area contributed by atoms with Crippen LogP contribution in [-0.2, 0) is 9.47 Å². The molecule has 1 unspecified atom stereocenters. The molecule has 4 rings (SSSR count). The number of hydrogen-bond donors (Lipinski definition) is 1. The van der Waals surface area contributed by atoms with E-state index in [0.717, 1.165) is 51.3 Å². The quantitative estimate of drug-likeness (QED) is 0.860. The summed E-state index contributed by atoms with van der Waals surface area (Å²) in [6.45, 7) is 5.13. The van der Waals surface area contributed by atoms with Crippen molar-refractivity contribution in [1.82, 2.24) is 15.2 Å². The van der Waals surface area contributed by atoms with Crippen molar-refractivity contribution in [3.63, 3.8) is 0 Å². The summed E-state index contributed by atoms with van der Waals surface area (Å²) in [6, 6.07) is 0. The van der Waals surface area contributed by atoms with E-state index in [0.29, 0.717) is 11.3 Å². The number of H-pyrrole nitrogens is 1. The summed E-state index contributed by atoms with van der Waals surface area (Å²) in [5.41, 5.74) is 0.458. The number of rotatable bonds is 2. The van der Waals surface area contributed by atoms with Crippen molar-refractivity contribution in [2.24, 2.45) is 5.41 Å². The third-order valence-electron chi connectivity index (χ3n) is 4.79. The van der Waals surface area contributed by atoms with Gasteiger partial charge in [-0.05, 0) is 24.7 Å². The van der Waals surface area contributed by atoms with Crippen LogP contribution >= 0.6 is 0 Å². The van der Waals surface area contributed by atoms with Crippen molar-refractivity contribution in [1.29, 1.82) is 0 Å². The predicted octanol–water partition coefficient (Wildman–Crippen LogP) is 0.925. The molecule has 1 aliphatic carbocycles. The van der Waals surface area contributed by atoms with Gasteiger partial charge in [-0.1, -0.05) is 0 Å². The van der Waals surface area contributed by atoms with Gasteiger partial charge in [-0.25, -0.2) is 0 Å². The van der Waals surface area contributed by atoms with Crippen LogP contribution in [0.2, 0.25) is 0 Å². The van der Waals surface area contributed by atoms with Gasteiger partial charge in [0.1, 0.15) is 5.82 Å². The van der Waals surface area contributed by atoms with Crippen LogP contribution in [-0.4, -0.2) is 54.7 Å². The molecule has 3 aliphatic rings. The second-order valence-electron chi connectivity index (χ2n) is 5.85. The summed E-state index contributed by atoms with van der Waals surface area (Å²) in [5, 5.41) is 7.53. The van der Waals surface area contributed by atoms with Gasteiger partial charge in [0.15, 0.2) is 0 Å². The van der Waals surface area contributed by atoms with Gasteiger partial charge >= 0.3 is 0 Å². The first-order chi connectivity index (χ1) is 9.37. The van der Waals surface area contributed by atoms with Crippen molar-refractivity contribution in [2.45, 2.75) is 25.2 Å². The van der Waals surface area contributed by atoms with E-state index >= 15 is 0 Å². The molecule has 0 aromatic carbocycles. The van der Waals surface area contributed by atoms with Gasteiger partial charge in [0.2, 0.25) is 5.95 Å². The lowest BCUT2D eigenvalue weighted by molar-refractivity contribution is 0.0554. The molecule has 1 spiro atoms. The molecule has 1 aromatic heterocycles. The number of nitrogens with zero attached hydrogens (tertiary/aromatic N) is 3. The van der Waals surface area contributed by atoms with Gasteiger partial charge in [0.25, 0.3) is 0 Å². The van der Waals surface area contributed by atoms with Crippen LogP contribution in [0.1, 0.15) is 31.0 Å². The number of aromatic amines is 1. The zero-order chi connectivity index (χ0) is 12.7. The predicted molar refractivity (Wildman–Crippen MR) is 69.3 cm³/mol. The molecular weight excluding hydrogens is 244 g/mol. The molecule has 3 heterocycles. The number of ether oxygens (including phenoxy) is 2. The fourth-order valence-electron chi connectivity index (χ4n) is 3.39. The van der Waals surface area contributed by atoms with E-state index in [2.05, 4.69) is 15.1 Å². The average Bonchev–Trinajstić information content (AvgIpc) is 2.96.